The van der Waals surface area contributed by atoms with E-state index in [0.29, 0.717) is 11.6 Å². The predicted molar refractivity (Wildman–Crippen MR) is 142 cm³/mol. The summed E-state index contributed by atoms with van der Waals surface area (Å²) in [5.74, 6) is 0. The molecule has 170 valence electrons. The Balaban J connectivity index is 1.79. The summed E-state index contributed by atoms with van der Waals surface area (Å²) >= 11 is 6.62. The molecule has 0 aliphatic heterocycles. The normalized spacial score (nSPS) is 13.4. The molecule has 34 heavy (non-hydrogen) atoms. The summed E-state index contributed by atoms with van der Waals surface area (Å²) in [6.07, 6.45) is 0.538. The molecule has 5 rings (SSSR count). The van der Waals surface area contributed by atoms with Crippen LogP contribution in [0.2, 0.25) is 5.15 Å². The van der Waals surface area contributed by atoms with Gasteiger partial charge in [0.05, 0.1) is 5.52 Å². The number of nitrogens with zero attached hydrogens (tertiary/aromatic N) is 2. The quantitative estimate of drug-likeness (QED) is 0.276. The topological polar surface area (TPSA) is 36.4 Å². The molecule has 4 aromatic carbocycles. The van der Waals surface area contributed by atoms with Crippen LogP contribution in [0.25, 0.3) is 32.8 Å². The van der Waals surface area contributed by atoms with Gasteiger partial charge in [-0.05, 0) is 60.1 Å². The maximum Gasteiger partial charge on any atom is 0.137 e. The Bertz CT molecular complexity index is 1460. The van der Waals surface area contributed by atoms with Crippen molar-refractivity contribution in [2.45, 2.75) is 12.0 Å². The molecule has 5 aromatic rings. The second kappa shape index (κ2) is 9.19. The molecule has 0 saturated carbocycles. The van der Waals surface area contributed by atoms with Crippen LogP contribution in [0.1, 0.15) is 17.5 Å². The molecule has 1 heterocycles. The predicted octanol–water partition coefficient (Wildman–Crippen LogP) is 6.90. The summed E-state index contributed by atoms with van der Waals surface area (Å²) in [4.78, 5) is 6.82. The molecule has 1 aromatic heterocycles. The van der Waals surface area contributed by atoms with Crippen LogP contribution in [0, 0.1) is 0 Å². The highest BCUT2D eigenvalue weighted by Gasteiger charge is 2.34. The smallest absolute Gasteiger partial charge is 0.137 e. The Hall–Kier alpha value is -3.24. The molecule has 1 unspecified atom stereocenters. The molecule has 0 radical (unpaired) electrons. The number of aromatic nitrogens is 1. The van der Waals surface area contributed by atoms with Gasteiger partial charge in [-0.2, -0.15) is 0 Å². The standard InChI is InChI=1S/C30H27ClN2O/c1-33(2)19-18-30(34,26-15-8-13-21-12-6-7-14-23(21)26)27-16-9-17-28-25(27)20-24(29(31)32-28)22-10-4-3-5-11-22/h3-17,20,34H,18-19H2,1-2H3. The molecule has 3 nitrogen and oxygen atoms in total. The van der Waals surface area contributed by atoms with E-state index in [9.17, 15) is 5.11 Å². The monoisotopic (exact) mass is 466 g/mol. The first-order chi connectivity index (χ1) is 16.5. The lowest BCUT2D eigenvalue weighted by atomic mass is 9.79. The van der Waals surface area contributed by atoms with Crippen LogP contribution < -0.4 is 0 Å². The highest BCUT2D eigenvalue weighted by Crippen LogP contribution is 2.42. The van der Waals surface area contributed by atoms with E-state index in [0.717, 1.165) is 50.5 Å². The first kappa shape index (κ1) is 22.5. The number of benzene rings is 4. The molecule has 0 saturated heterocycles. The van der Waals surface area contributed by atoms with E-state index in [1.807, 2.05) is 86.9 Å². The average Bonchev–Trinajstić information content (AvgIpc) is 2.86. The molecular formula is C30H27ClN2O. The summed E-state index contributed by atoms with van der Waals surface area (Å²) in [7, 11) is 4.06. The van der Waals surface area contributed by atoms with Crippen LogP contribution in [0.4, 0.5) is 0 Å². The first-order valence-electron chi connectivity index (χ1n) is 11.5. The fourth-order valence-corrected chi connectivity index (χ4v) is 4.99. The van der Waals surface area contributed by atoms with E-state index in [2.05, 4.69) is 29.2 Å². The maximum atomic E-state index is 12.5. The third kappa shape index (κ3) is 4.07. The molecule has 0 fully saturated rings. The maximum absolute atomic E-state index is 12.5. The minimum absolute atomic E-state index is 0.456. The summed E-state index contributed by atoms with van der Waals surface area (Å²) in [5, 5.41) is 16.1. The summed E-state index contributed by atoms with van der Waals surface area (Å²) in [6.45, 7) is 0.725. The van der Waals surface area contributed by atoms with Gasteiger partial charge >= 0.3 is 0 Å². The number of aliphatic hydroxyl groups is 1. The zero-order valence-corrected chi connectivity index (χ0v) is 20.1. The molecule has 0 spiro atoms. The van der Waals surface area contributed by atoms with Crippen molar-refractivity contribution in [2.75, 3.05) is 20.6 Å². The van der Waals surface area contributed by atoms with E-state index < -0.39 is 5.60 Å². The van der Waals surface area contributed by atoms with Gasteiger partial charge in [-0.3, -0.25) is 0 Å². The average molecular weight is 467 g/mol. The van der Waals surface area contributed by atoms with Gasteiger partial charge in [-0.15, -0.1) is 0 Å². The highest BCUT2D eigenvalue weighted by atomic mass is 35.5. The number of hydrogen-bond donors (Lipinski definition) is 1. The van der Waals surface area contributed by atoms with Gasteiger partial charge in [0, 0.05) is 17.5 Å². The Morgan fingerprint density at radius 1 is 0.794 bits per heavy atom. The van der Waals surface area contributed by atoms with Gasteiger partial charge in [-0.25, -0.2) is 4.98 Å². The molecule has 1 atom stereocenters. The largest absolute Gasteiger partial charge is 0.380 e. The molecule has 0 bridgehead atoms. The summed E-state index contributed by atoms with van der Waals surface area (Å²) in [6, 6.07) is 32.4. The third-order valence-electron chi connectivity index (χ3n) is 6.50. The van der Waals surface area contributed by atoms with Crippen LogP contribution in [-0.2, 0) is 5.60 Å². The van der Waals surface area contributed by atoms with E-state index >= 15 is 0 Å². The Morgan fingerprint density at radius 2 is 1.44 bits per heavy atom. The summed E-state index contributed by atoms with van der Waals surface area (Å²) < 4.78 is 0. The van der Waals surface area contributed by atoms with E-state index in [1.165, 1.54) is 0 Å². The van der Waals surface area contributed by atoms with Gasteiger partial charge in [0.1, 0.15) is 10.8 Å². The lowest BCUT2D eigenvalue weighted by Gasteiger charge is -2.33. The third-order valence-corrected chi connectivity index (χ3v) is 6.79. The second-order valence-electron chi connectivity index (χ2n) is 9.01. The minimum atomic E-state index is -1.21. The molecular weight excluding hydrogens is 440 g/mol. The molecule has 0 aliphatic carbocycles. The minimum Gasteiger partial charge on any atom is -0.380 e. The SMILES string of the molecule is CN(C)CCC(O)(c1cccc2ccccc12)c1cccc2nc(Cl)c(-c3ccccc3)cc12. The Labute approximate surface area is 205 Å². The van der Waals surface area contributed by atoms with Gasteiger partial charge in [-0.1, -0.05) is 96.5 Å². The van der Waals surface area contributed by atoms with Gasteiger partial charge in [0.25, 0.3) is 0 Å². The molecule has 0 amide bonds. The highest BCUT2D eigenvalue weighted by molar-refractivity contribution is 6.32. The van der Waals surface area contributed by atoms with Crippen molar-refractivity contribution >= 4 is 33.3 Å². The molecule has 0 aliphatic rings. The van der Waals surface area contributed by atoms with Gasteiger partial charge in [0.2, 0.25) is 0 Å². The number of hydrogen-bond acceptors (Lipinski definition) is 3. The molecule has 4 heteroatoms. The lowest BCUT2D eigenvalue weighted by Crippen LogP contribution is -2.32. The van der Waals surface area contributed by atoms with Crippen molar-refractivity contribution in [3.8, 4) is 11.1 Å². The fourth-order valence-electron chi connectivity index (χ4n) is 4.74. The fraction of sp³-hybridized carbons (Fsp3) is 0.167. The molecule has 1 N–H and O–H groups in total. The first-order valence-corrected chi connectivity index (χ1v) is 11.9. The number of rotatable bonds is 6. The van der Waals surface area contributed by atoms with E-state index in [1.54, 1.807) is 0 Å². The number of pyridine rings is 1. The zero-order chi connectivity index (χ0) is 23.7. The van der Waals surface area contributed by atoms with Crippen molar-refractivity contribution in [1.82, 2.24) is 9.88 Å². The van der Waals surface area contributed by atoms with Crippen molar-refractivity contribution in [2.24, 2.45) is 0 Å². The Kier molecular flexibility index (Phi) is 6.09. The van der Waals surface area contributed by atoms with Crippen LogP contribution in [-0.4, -0.2) is 35.6 Å². The van der Waals surface area contributed by atoms with Crippen LogP contribution >= 0.6 is 11.6 Å². The number of fused-ring (bicyclic) bond motifs is 2. The van der Waals surface area contributed by atoms with E-state index in [4.69, 9.17) is 16.6 Å². The second-order valence-corrected chi connectivity index (χ2v) is 9.36. The zero-order valence-electron chi connectivity index (χ0n) is 19.4. The summed E-state index contributed by atoms with van der Waals surface area (Å²) in [5.41, 5.74) is 3.15. The van der Waals surface area contributed by atoms with Crippen molar-refractivity contribution in [1.29, 1.82) is 0 Å². The Morgan fingerprint density at radius 3 is 2.21 bits per heavy atom. The van der Waals surface area contributed by atoms with Crippen molar-refractivity contribution < 1.29 is 5.11 Å². The number of halogens is 1. The van der Waals surface area contributed by atoms with Crippen LogP contribution in [0.3, 0.4) is 0 Å². The van der Waals surface area contributed by atoms with E-state index in [-0.39, 0.29) is 0 Å². The van der Waals surface area contributed by atoms with Crippen LogP contribution in [0.15, 0.2) is 97.1 Å². The lowest BCUT2D eigenvalue weighted by molar-refractivity contribution is 0.0658. The van der Waals surface area contributed by atoms with Crippen molar-refractivity contribution in [3.05, 3.63) is 113 Å². The van der Waals surface area contributed by atoms with Gasteiger partial charge < -0.3 is 10.0 Å². The van der Waals surface area contributed by atoms with Crippen LogP contribution in [0.5, 0.6) is 0 Å². The van der Waals surface area contributed by atoms with Crippen molar-refractivity contribution in [3.63, 3.8) is 0 Å². The van der Waals surface area contributed by atoms with Gasteiger partial charge in [0.15, 0.2) is 0 Å².